The molecule has 0 unspecified atom stereocenters. The predicted octanol–water partition coefficient (Wildman–Crippen LogP) is 18.0. The van der Waals surface area contributed by atoms with Gasteiger partial charge in [0.15, 0.2) is 0 Å². The molecule has 13 rings (SSSR count). The van der Waals surface area contributed by atoms with E-state index in [4.69, 9.17) is 4.42 Å². The lowest BCUT2D eigenvalue weighted by Gasteiger charge is -2.46. The van der Waals surface area contributed by atoms with Crippen molar-refractivity contribution in [3.8, 4) is 44.5 Å². The molecule has 2 aliphatic carbocycles. The third-order valence-electron chi connectivity index (χ3n) is 18.4. The van der Waals surface area contributed by atoms with Gasteiger partial charge < -0.3 is 14.1 Å². The summed E-state index contributed by atoms with van der Waals surface area (Å²) in [6.45, 7) is 26.9. The van der Waals surface area contributed by atoms with Crippen LogP contribution in [0.2, 0.25) is 0 Å². The second-order valence-electron chi connectivity index (χ2n) is 26.2. The molecule has 0 amide bonds. The fourth-order valence-corrected chi connectivity index (χ4v) is 13.6. The summed E-state index contributed by atoms with van der Waals surface area (Å²) in [5.74, 6) is 0. The molecule has 3 nitrogen and oxygen atoms in total. The molecule has 0 atom stereocenters. The van der Waals surface area contributed by atoms with Crippen molar-refractivity contribution in [2.45, 2.75) is 135 Å². The molecule has 0 bridgehead atoms. The molecule has 8 aromatic carbocycles. The number of anilines is 4. The molecule has 0 radical (unpaired) electrons. The van der Waals surface area contributed by atoms with Gasteiger partial charge in [-0.2, -0.15) is 0 Å². The Balaban J connectivity index is 1.16. The van der Waals surface area contributed by atoms with E-state index in [2.05, 4.69) is 256 Å². The summed E-state index contributed by atoms with van der Waals surface area (Å²) >= 11 is 0. The zero-order valence-electron chi connectivity index (χ0n) is 46.1. The number of nitrogens with zero attached hydrogens (tertiary/aromatic N) is 2. The fourth-order valence-electron chi connectivity index (χ4n) is 13.6. The van der Waals surface area contributed by atoms with E-state index in [9.17, 15) is 0 Å². The van der Waals surface area contributed by atoms with Gasteiger partial charge in [0.1, 0.15) is 11.2 Å². The highest BCUT2D eigenvalue weighted by atomic mass is 16.3. The van der Waals surface area contributed by atoms with Crippen molar-refractivity contribution in [3.05, 3.63) is 203 Å². The van der Waals surface area contributed by atoms with E-state index >= 15 is 0 Å². The van der Waals surface area contributed by atoms with Gasteiger partial charge in [-0.25, -0.2) is 0 Å². The van der Waals surface area contributed by atoms with Gasteiger partial charge in [0, 0.05) is 34.6 Å². The number of rotatable bonds is 6. The Morgan fingerprint density at radius 3 is 1.65 bits per heavy atom. The molecule has 0 N–H and O–H groups in total. The molecule has 4 aliphatic rings. The topological polar surface area (TPSA) is 19.6 Å². The van der Waals surface area contributed by atoms with Crippen LogP contribution in [0.15, 0.2) is 174 Å². The minimum absolute atomic E-state index is 0.00744. The molecular weight excluding hydrogens is 908 g/mol. The maximum absolute atomic E-state index is 7.79. The smallest absolute Gasteiger partial charge is 0.375 e. The van der Waals surface area contributed by atoms with Gasteiger partial charge in [-0.1, -0.05) is 197 Å². The highest BCUT2D eigenvalue weighted by Crippen LogP contribution is 2.54. The zero-order chi connectivity index (χ0) is 52.0. The van der Waals surface area contributed by atoms with Crippen LogP contribution in [0, 0.1) is 0 Å². The predicted molar refractivity (Wildman–Crippen MR) is 320 cm³/mol. The highest BCUT2D eigenvalue weighted by Gasteiger charge is 2.50. The summed E-state index contributed by atoms with van der Waals surface area (Å²) in [6.07, 6.45) is 4.59. The highest BCUT2D eigenvalue weighted by molar-refractivity contribution is 6.93. The Bertz CT molecular complexity index is 3740. The first-order valence-corrected chi connectivity index (χ1v) is 27.7. The molecule has 0 spiro atoms. The third kappa shape index (κ3) is 7.67. The first-order chi connectivity index (χ1) is 35.8. The van der Waals surface area contributed by atoms with Crippen molar-refractivity contribution in [2.75, 3.05) is 9.71 Å². The largest absolute Gasteiger partial charge is 0.466 e. The standard InChI is InChI=1S/C71H71BN2O/c1-67(2,3)51-29-27-49(53(40-51)47-25-19-14-20-26-47)44-73-62-39-50(46-23-17-13-18-24-46)38-55-54-37-48(45-21-15-12-16-22-45)28-32-61(54)74(52-30-31-57-58(41-52)69(6,7)34-33-68(57,4)5)72(64(55)62)66-65(73)56-42-59-60(43-63(56)75-66)71(10,11)36-35-70(59,8)9/h12-32,37-43H,33-36,44H2,1-11H3. The monoisotopic (exact) mass is 979 g/mol. The van der Waals surface area contributed by atoms with Crippen LogP contribution in [0.25, 0.3) is 55.5 Å². The molecule has 0 saturated carbocycles. The summed E-state index contributed by atoms with van der Waals surface area (Å²) in [6, 6.07) is 65.0. The SMILES string of the molecule is CC(C)(C)c1ccc(CN2c3cc(-c4ccccc4)cc4c3B(c3oc5cc6c(cc5c32)C(C)(C)CCC6(C)C)N(c2ccc3c(c2)C(C)(C)CCC3(C)C)c2ccc(-c3ccccc3)cc2-4)c(-c2ccccc2)c1. The van der Waals surface area contributed by atoms with E-state index in [1.807, 2.05) is 0 Å². The van der Waals surface area contributed by atoms with Crippen LogP contribution < -0.4 is 20.8 Å². The Hall–Kier alpha value is -7.04. The quantitative estimate of drug-likeness (QED) is 0.155. The van der Waals surface area contributed by atoms with Crippen LogP contribution in [0.5, 0.6) is 0 Å². The van der Waals surface area contributed by atoms with Crippen molar-refractivity contribution in [3.63, 3.8) is 0 Å². The first-order valence-electron chi connectivity index (χ1n) is 27.7. The fraction of sp³-hybridized carbons (Fsp3) is 0.296. The van der Waals surface area contributed by atoms with Crippen molar-refractivity contribution in [1.29, 1.82) is 0 Å². The molecule has 75 heavy (non-hydrogen) atoms. The molecule has 1 aromatic heterocycles. The van der Waals surface area contributed by atoms with Crippen LogP contribution in [0.1, 0.15) is 135 Å². The van der Waals surface area contributed by atoms with Gasteiger partial charge in [-0.15, -0.1) is 0 Å². The number of fused-ring (bicyclic) bond motifs is 8. The molecule has 9 aromatic rings. The lowest BCUT2D eigenvalue weighted by molar-refractivity contribution is 0.332. The van der Waals surface area contributed by atoms with Gasteiger partial charge in [-0.05, 0) is 179 Å². The van der Waals surface area contributed by atoms with E-state index in [1.54, 1.807) is 0 Å². The Morgan fingerprint density at radius 1 is 0.467 bits per heavy atom. The van der Waals surface area contributed by atoms with Crippen molar-refractivity contribution in [2.24, 2.45) is 0 Å². The molecule has 0 fully saturated rings. The van der Waals surface area contributed by atoms with E-state index in [0.717, 1.165) is 30.5 Å². The maximum Gasteiger partial charge on any atom is 0.375 e. The third-order valence-corrected chi connectivity index (χ3v) is 18.4. The van der Waals surface area contributed by atoms with Gasteiger partial charge in [0.05, 0.1) is 5.69 Å². The van der Waals surface area contributed by atoms with Crippen LogP contribution in [-0.4, -0.2) is 6.85 Å². The minimum atomic E-state index is -0.263. The van der Waals surface area contributed by atoms with Crippen LogP contribution in [0.3, 0.4) is 0 Å². The Labute approximate surface area is 446 Å². The number of benzene rings is 8. The molecule has 374 valence electrons. The second-order valence-corrected chi connectivity index (χ2v) is 26.2. The molecule has 3 heterocycles. The maximum atomic E-state index is 7.79. The average molecular weight is 979 g/mol. The van der Waals surface area contributed by atoms with E-state index in [-0.39, 0.29) is 33.9 Å². The van der Waals surface area contributed by atoms with Crippen molar-refractivity contribution < 1.29 is 4.42 Å². The number of hydrogen-bond acceptors (Lipinski definition) is 3. The first kappa shape index (κ1) is 47.7. The number of furan rings is 1. The van der Waals surface area contributed by atoms with Crippen LogP contribution in [-0.2, 0) is 33.6 Å². The van der Waals surface area contributed by atoms with Gasteiger partial charge in [-0.3, -0.25) is 0 Å². The summed E-state index contributed by atoms with van der Waals surface area (Å²) in [5.41, 5.74) is 26.4. The Kier molecular flexibility index (Phi) is 10.6. The van der Waals surface area contributed by atoms with Crippen molar-refractivity contribution in [1.82, 2.24) is 0 Å². The number of hydrogen-bond donors (Lipinski definition) is 0. The second kappa shape index (κ2) is 16.7. The summed E-state index contributed by atoms with van der Waals surface area (Å²) in [7, 11) is 0. The van der Waals surface area contributed by atoms with Crippen LogP contribution in [0.4, 0.5) is 22.7 Å². The van der Waals surface area contributed by atoms with E-state index in [0.29, 0.717) is 6.54 Å². The van der Waals surface area contributed by atoms with Gasteiger partial charge >= 0.3 is 6.85 Å². The summed E-state index contributed by atoms with van der Waals surface area (Å²) < 4.78 is 7.79. The van der Waals surface area contributed by atoms with E-state index in [1.165, 1.54) is 118 Å². The molecule has 2 aliphatic heterocycles. The molecule has 4 heteroatoms. The zero-order valence-corrected chi connectivity index (χ0v) is 46.1. The lowest BCUT2D eigenvalue weighted by atomic mass is 9.45. The van der Waals surface area contributed by atoms with Gasteiger partial charge in [0.25, 0.3) is 0 Å². The van der Waals surface area contributed by atoms with E-state index < -0.39 is 0 Å². The Morgan fingerprint density at radius 2 is 1.03 bits per heavy atom. The minimum Gasteiger partial charge on any atom is -0.466 e. The lowest BCUT2D eigenvalue weighted by Crippen LogP contribution is -2.61. The van der Waals surface area contributed by atoms with Gasteiger partial charge in [0.2, 0.25) is 0 Å². The summed E-state index contributed by atoms with van der Waals surface area (Å²) in [4.78, 5) is 5.35. The van der Waals surface area contributed by atoms with Crippen molar-refractivity contribution >= 4 is 51.7 Å². The average Bonchev–Trinajstić information content (AvgIpc) is 3.83. The summed E-state index contributed by atoms with van der Waals surface area (Å²) in [5, 5.41) is 1.19. The normalized spacial score (nSPS) is 17.5. The molecular formula is C71H71BN2O. The van der Waals surface area contributed by atoms with Crippen LogP contribution >= 0.6 is 0 Å². The molecule has 0 saturated heterocycles.